The maximum absolute atomic E-state index is 9.33. The predicted molar refractivity (Wildman–Crippen MR) is 160 cm³/mol. The number of fused-ring (bicyclic) bond motifs is 2. The number of nitrogens with one attached hydrogen (secondary N) is 1. The molecular weight excluding hydrogens is 514 g/mol. The van der Waals surface area contributed by atoms with E-state index in [-0.39, 0.29) is 11.6 Å². The minimum atomic E-state index is 0.127. The Kier molecular flexibility index (Phi) is 6.97. The fourth-order valence-corrected chi connectivity index (χ4v) is 6.95. The second kappa shape index (κ2) is 10.8. The Labute approximate surface area is 242 Å². The van der Waals surface area contributed by atoms with Crippen LogP contribution in [0.15, 0.2) is 30.5 Å². The lowest BCUT2D eigenvalue weighted by atomic mass is 10.0. The number of rotatable bonds is 7. The van der Waals surface area contributed by atoms with Gasteiger partial charge in [0.1, 0.15) is 12.4 Å². The first-order valence-corrected chi connectivity index (χ1v) is 15.1. The molecule has 3 fully saturated rings. The van der Waals surface area contributed by atoms with Crippen LogP contribution < -0.4 is 19.9 Å². The minimum absolute atomic E-state index is 0.127. The number of ether oxygens (including phenoxy) is 1. The highest BCUT2D eigenvalue weighted by Crippen LogP contribution is 2.43. The maximum atomic E-state index is 9.33. The summed E-state index contributed by atoms with van der Waals surface area (Å²) >= 11 is 0. The van der Waals surface area contributed by atoms with E-state index in [4.69, 9.17) is 14.7 Å². The summed E-state index contributed by atoms with van der Waals surface area (Å²) in [7, 11) is 4.32. The quantitative estimate of drug-likeness (QED) is 0.472. The number of piperazine rings is 2. The van der Waals surface area contributed by atoms with E-state index in [1.54, 1.807) is 0 Å². The first-order chi connectivity index (χ1) is 20.0. The number of aromatic nitrogens is 3. The number of hydrogen-bond acceptors (Lipinski definition) is 9. The molecule has 216 valence electrons. The SMILES string of the molecule is CN1CCN(C2(COc3nc4c(c(N5CCN[C@@H](CC#N)C5)n3)CCN(c3cccc5ccn(C)c35)C4)CC2)CC1. The fourth-order valence-electron chi connectivity index (χ4n) is 6.95. The number of benzene rings is 1. The average Bonchev–Trinajstić information content (AvgIpc) is 3.70. The molecule has 1 aliphatic carbocycles. The van der Waals surface area contributed by atoms with Gasteiger partial charge in [-0.25, -0.2) is 0 Å². The Morgan fingerprint density at radius 2 is 1.90 bits per heavy atom. The van der Waals surface area contributed by atoms with E-state index in [9.17, 15) is 5.26 Å². The first kappa shape index (κ1) is 26.5. The largest absolute Gasteiger partial charge is 0.461 e. The molecule has 10 heteroatoms. The van der Waals surface area contributed by atoms with Gasteiger partial charge in [0, 0.05) is 82.6 Å². The minimum Gasteiger partial charge on any atom is -0.461 e. The highest BCUT2D eigenvalue weighted by molar-refractivity contribution is 5.92. The molecule has 0 bridgehead atoms. The van der Waals surface area contributed by atoms with Crippen molar-refractivity contribution in [2.24, 2.45) is 7.05 Å². The maximum Gasteiger partial charge on any atom is 0.318 e. The molecule has 2 saturated heterocycles. The van der Waals surface area contributed by atoms with Gasteiger partial charge in [0.25, 0.3) is 0 Å². The van der Waals surface area contributed by atoms with Crippen molar-refractivity contribution in [3.8, 4) is 12.1 Å². The second-order valence-corrected chi connectivity index (χ2v) is 12.3. The van der Waals surface area contributed by atoms with Crippen molar-refractivity contribution in [1.82, 2.24) is 29.7 Å². The molecule has 1 saturated carbocycles. The van der Waals surface area contributed by atoms with Gasteiger partial charge < -0.3 is 29.3 Å². The normalized spacial score (nSPS) is 22.9. The summed E-state index contributed by atoms with van der Waals surface area (Å²) in [6.07, 6.45) is 5.86. The molecule has 1 N–H and O–H groups in total. The van der Waals surface area contributed by atoms with Gasteiger partial charge in [-0.05, 0) is 38.4 Å². The monoisotopic (exact) mass is 555 g/mol. The molecule has 2 aromatic heterocycles. The van der Waals surface area contributed by atoms with Crippen molar-refractivity contribution in [3.63, 3.8) is 0 Å². The summed E-state index contributed by atoms with van der Waals surface area (Å²) in [4.78, 5) is 20.0. The molecule has 0 amide bonds. The molecule has 5 heterocycles. The number of likely N-dealkylation sites (N-methyl/N-ethyl adjacent to an activating group) is 1. The van der Waals surface area contributed by atoms with Gasteiger partial charge in [-0.2, -0.15) is 15.2 Å². The van der Waals surface area contributed by atoms with E-state index in [0.717, 1.165) is 76.8 Å². The molecule has 7 rings (SSSR count). The summed E-state index contributed by atoms with van der Waals surface area (Å²) in [5, 5.41) is 14.1. The summed E-state index contributed by atoms with van der Waals surface area (Å²) < 4.78 is 8.72. The smallest absolute Gasteiger partial charge is 0.318 e. The number of nitrogens with zero attached hydrogens (tertiary/aromatic N) is 8. The predicted octanol–water partition coefficient (Wildman–Crippen LogP) is 2.38. The van der Waals surface area contributed by atoms with Crippen molar-refractivity contribution >= 4 is 22.4 Å². The molecule has 0 spiro atoms. The van der Waals surface area contributed by atoms with Gasteiger partial charge in [-0.15, -0.1) is 0 Å². The average molecular weight is 556 g/mol. The molecule has 1 aromatic carbocycles. The van der Waals surface area contributed by atoms with Gasteiger partial charge in [0.2, 0.25) is 0 Å². The van der Waals surface area contributed by atoms with Crippen LogP contribution in [-0.2, 0) is 20.0 Å². The zero-order chi connectivity index (χ0) is 28.0. The standard InChI is InChI=1S/C31H41N9O/c1-36-16-18-40(19-17-36)31(9-10-31)22-41-30-34-26-21-38(27-5-3-4-23-7-13-37(2)28(23)27)14-8-25(26)29(35-30)39-15-12-33-24(20-39)6-11-32/h3-5,7,13,24,33H,6,8-10,12,14-22H2,1-2H3/t24-/m0/s1. The highest BCUT2D eigenvalue weighted by atomic mass is 16.5. The van der Waals surface area contributed by atoms with Crippen LogP contribution in [-0.4, -0.2) is 102 Å². The van der Waals surface area contributed by atoms with Crippen LogP contribution in [0.1, 0.15) is 30.5 Å². The van der Waals surface area contributed by atoms with Crippen LogP contribution in [0.3, 0.4) is 0 Å². The zero-order valence-corrected chi connectivity index (χ0v) is 24.3. The summed E-state index contributed by atoms with van der Waals surface area (Å²) in [6, 6.07) is 11.7. The molecule has 1 atom stereocenters. The lowest BCUT2D eigenvalue weighted by Crippen LogP contribution is -2.52. The van der Waals surface area contributed by atoms with E-state index in [1.807, 2.05) is 0 Å². The van der Waals surface area contributed by atoms with Gasteiger partial charge in [-0.1, -0.05) is 12.1 Å². The topological polar surface area (TPSA) is 88.7 Å². The third-order valence-electron chi connectivity index (χ3n) is 9.60. The van der Waals surface area contributed by atoms with Gasteiger partial charge in [-0.3, -0.25) is 4.90 Å². The second-order valence-electron chi connectivity index (χ2n) is 12.3. The number of para-hydroxylation sites is 1. The number of anilines is 2. The Hall–Kier alpha value is -3.39. The Morgan fingerprint density at radius 1 is 1.05 bits per heavy atom. The van der Waals surface area contributed by atoms with E-state index < -0.39 is 0 Å². The van der Waals surface area contributed by atoms with Crippen LogP contribution in [0.2, 0.25) is 0 Å². The third kappa shape index (κ3) is 5.11. The zero-order valence-electron chi connectivity index (χ0n) is 24.3. The van der Waals surface area contributed by atoms with Crippen LogP contribution in [0.5, 0.6) is 6.01 Å². The van der Waals surface area contributed by atoms with Crippen molar-refractivity contribution < 1.29 is 4.74 Å². The molecular formula is C31H41N9O. The number of aryl methyl sites for hydroxylation is 1. The van der Waals surface area contributed by atoms with E-state index in [2.05, 4.69) is 80.1 Å². The highest BCUT2D eigenvalue weighted by Gasteiger charge is 2.49. The molecule has 41 heavy (non-hydrogen) atoms. The van der Waals surface area contributed by atoms with E-state index in [1.165, 1.54) is 35.0 Å². The fraction of sp³-hybridized carbons (Fsp3) is 0.581. The molecule has 3 aromatic rings. The van der Waals surface area contributed by atoms with E-state index in [0.29, 0.717) is 19.0 Å². The van der Waals surface area contributed by atoms with Crippen molar-refractivity contribution in [3.05, 3.63) is 41.7 Å². The summed E-state index contributed by atoms with van der Waals surface area (Å²) in [5.74, 6) is 0.996. The van der Waals surface area contributed by atoms with Crippen molar-refractivity contribution in [2.75, 3.05) is 75.8 Å². The van der Waals surface area contributed by atoms with Crippen LogP contribution in [0.4, 0.5) is 11.5 Å². The molecule has 0 radical (unpaired) electrons. The van der Waals surface area contributed by atoms with Crippen LogP contribution in [0, 0.1) is 11.3 Å². The molecule has 3 aliphatic heterocycles. The Balaban J connectivity index is 1.18. The van der Waals surface area contributed by atoms with Gasteiger partial charge in [0.05, 0.1) is 41.5 Å². The molecule has 0 unspecified atom stereocenters. The Bertz CT molecular complexity index is 1450. The molecule has 4 aliphatic rings. The van der Waals surface area contributed by atoms with Gasteiger partial charge >= 0.3 is 6.01 Å². The Morgan fingerprint density at radius 3 is 2.71 bits per heavy atom. The van der Waals surface area contributed by atoms with Crippen molar-refractivity contribution in [1.29, 1.82) is 5.26 Å². The first-order valence-electron chi connectivity index (χ1n) is 15.1. The van der Waals surface area contributed by atoms with Crippen molar-refractivity contribution in [2.45, 2.75) is 43.8 Å². The summed E-state index contributed by atoms with van der Waals surface area (Å²) in [6.45, 7) is 9.16. The number of hydrogen-bond donors (Lipinski definition) is 1. The third-order valence-corrected chi connectivity index (χ3v) is 9.60. The van der Waals surface area contributed by atoms with Crippen LogP contribution >= 0.6 is 0 Å². The van der Waals surface area contributed by atoms with Crippen LogP contribution in [0.25, 0.3) is 10.9 Å². The lowest BCUT2D eigenvalue weighted by molar-refractivity contribution is 0.0650. The van der Waals surface area contributed by atoms with Gasteiger partial charge in [0.15, 0.2) is 0 Å². The lowest BCUT2D eigenvalue weighted by Gasteiger charge is -2.38. The molecule has 10 nitrogen and oxygen atoms in total. The summed E-state index contributed by atoms with van der Waals surface area (Å²) in [5.41, 5.74) is 4.91. The van der Waals surface area contributed by atoms with E-state index >= 15 is 0 Å². The number of nitriles is 1.